The minimum atomic E-state index is 0.0000723. The maximum absolute atomic E-state index is 11.9. The Balaban J connectivity index is 1.87. The van der Waals surface area contributed by atoms with Crippen molar-refractivity contribution in [2.45, 2.75) is 18.2 Å². The molecule has 0 fully saturated rings. The highest BCUT2D eigenvalue weighted by Crippen LogP contribution is 2.19. The van der Waals surface area contributed by atoms with E-state index in [1.165, 1.54) is 17.3 Å². The molecule has 3 nitrogen and oxygen atoms in total. The van der Waals surface area contributed by atoms with Gasteiger partial charge in [0.1, 0.15) is 0 Å². The molecule has 0 aliphatic carbocycles. The zero-order valence-corrected chi connectivity index (χ0v) is 12.2. The van der Waals surface area contributed by atoms with Crippen molar-refractivity contribution in [1.29, 1.82) is 0 Å². The molecule has 0 atom stereocenters. The molecule has 0 bridgehead atoms. The largest absolute Gasteiger partial charge is 0.399 e. The van der Waals surface area contributed by atoms with E-state index in [0.717, 1.165) is 22.7 Å². The SMILES string of the molecule is CCc1cccc(NC(=O)CSc2ccc(N)cc2)c1. The molecule has 2 aromatic rings. The molecule has 0 saturated heterocycles. The first-order valence-electron chi connectivity index (χ1n) is 6.54. The number of carbonyl (C=O) groups is 1. The number of anilines is 2. The number of rotatable bonds is 5. The van der Waals surface area contributed by atoms with E-state index in [1.54, 1.807) is 0 Å². The first-order chi connectivity index (χ1) is 9.67. The Labute approximate surface area is 123 Å². The fraction of sp³-hybridized carbons (Fsp3) is 0.188. The van der Waals surface area contributed by atoms with Gasteiger partial charge in [0.15, 0.2) is 0 Å². The normalized spacial score (nSPS) is 10.2. The topological polar surface area (TPSA) is 55.1 Å². The van der Waals surface area contributed by atoms with Crippen molar-refractivity contribution in [3.63, 3.8) is 0 Å². The van der Waals surface area contributed by atoms with Gasteiger partial charge in [-0.2, -0.15) is 0 Å². The van der Waals surface area contributed by atoms with Crippen molar-refractivity contribution in [1.82, 2.24) is 0 Å². The van der Waals surface area contributed by atoms with Crippen LogP contribution in [0, 0.1) is 0 Å². The van der Waals surface area contributed by atoms with Crippen molar-refractivity contribution in [3.05, 3.63) is 54.1 Å². The lowest BCUT2D eigenvalue weighted by atomic mass is 10.1. The fourth-order valence-electron chi connectivity index (χ4n) is 1.78. The highest BCUT2D eigenvalue weighted by molar-refractivity contribution is 8.00. The van der Waals surface area contributed by atoms with Gasteiger partial charge in [-0.05, 0) is 48.4 Å². The molecular formula is C16H18N2OS. The Hall–Kier alpha value is -1.94. The summed E-state index contributed by atoms with van der Waals surface area (Å²) in [6.45, 7) is 2.10. The summed E-state index contributed by atoms with van der Waals surface area (Å²) in [5.74, 6) is 0.389. The first kappa shape index (κ1) is 14.5. The predicted molar refractivity (Wildman–Crippen MR) is 86.0 cm³/mol. The van der Waals surface area contributed by atoms with Crippen LogP contribution in [0.4, 0.5) is 11.4 Å². The van der Waals surface area contributed by atoms with E-state index in [0.29, 0.717) is 5.75 Å². The summed E-state index contributed by atoms with van der Waals surface area (Å²) in [5.41, 5.74) is 8.43. The van der Waals surface area contributed by atoms with Gasteiger partial charge >= 0.3 is 0 Å². The molecule has 0 saturated carbocycles. The molecular weight excluding hydrogens is 268 g/mol. The van der Waals surface area contributed by atoms with E-state index in [4.69, 9.17) is 5.73 Å². The van der Waals surface area contributed by atoms with Crippen LogP contribution in [0.3, 0.4) is 0 Å². The zero-order chi connectivity index (χ0) is 14.4. The van der Waals surface area contributed by atoms with Crippen LogP contribution in [0.25, 0.3) is 0 Å². The van der Waals surface area contributed by atoms with Crippen molar-refractivity contribution in [2.24, 2.45) is 0 Å². The molecule has 0 heterocycles. The van der Waals surface area contributed by atoms with E-state index in [2.05, 4.69) is 18.3 Å². The summed E-state index contributed by atoms with van der Waals surface area (Å²) in [5, 5.41) is 2.91. The van der Waals surface area contributed by atoms with Gasteiger partial charge in [-0.1, -0.05) is 19.1 Å². The molecule has 104 valence electrons. The molecule has 0 aliphatic rings. The third-order valence-corrected chi connectivity index (χ3v) is 3.88. The molecule has 1 amide bonds. The number of thioether (sulfide) groups is 1. The lowest BCUT2D eigenvalue weighted by Gasteiger charge is -2.07. The molecule has 20 heavy (non-hydrogen) atoms. The second-order valence-corrected chi connectivity index (χ2v) is 5.51. The zero-order valence-electron chi connectivity index (χ0n) is 11.4. The first-order valence-corrected chi connectivity index (χ1v) is 7.53. The van der Waals surface area contributed by atoms with Gasteiger partial charge < -0.3 is 11.1 Å². The highest BCUT2D eigenvalue weighted by atomic mass is 32.2. The Kier molecular flexibility index (Phi) is 5.07. The minimum absolute atomic E-state index is 0.0000723. The number of benzene rings is 2. The van der Waals surface area contributed by atoms with Gasteiger partial charge in [0.2, 0.25) is 5.91 Å². The van der Waals surface area contributed by atoms with Crippen LogP contribution in [-0.2, 0) is 11.2 Å². The monoisotopic (exact) mass is 286 g/mol. The molecule has 0 aromatic heterocycles. The minimum Gasteiger partial charge on any atom is -0.399 e. The number of nitrogens with one attached hydrogen (secondary N) is 1. The van der Waals surface area contributed by atoms with Gasteiger partial charge in [0.25, 0.3) is 0 Å². The number of carbonyl (C=O) groups excluding carboxylic acids is 1. The van der Waals surface area contributed by atoms with Gasteiger partial charge in [0, 0.05) is 16.3 Å². The van der Waals surface area contributed by atoms with Crippen LogP contribution >= 0.6 is 11.8 Å². The van der Waals surface area contributed by atoms with E-state index in [1.807, 2.05) is 42.5 Å². The average Bonchev–Trinajstić information content (AvgIpc) is 2.47. The molecule has 0 spiro atoms. The van der Waals surface area contributed by atoms with Crippen molar-refractivity contribution < 1.29 is 4.79 Å². The number of hydrogen-bond acceptors (Lipinski definition) is 3. The summed E-state index contributed by atoms with van der Waals surface area (Å²) >= 11 is 1.50. The summed E-state index contributed by atoms with van der Waals surface area (Å²) in [6, 6.07) is 15.4. The molecule has 2 rings (SSSR count). The summed E-state index contributed by atoms with van der Waals surface area (Å²) < 4.78 is 0. The maximum Gasteiger partial charge on any atom is 0.234 e. The van der Waals surface area contributed by atoms with E-state index >= 15 is 0 Å². The summed E-state index contributed by atoms with van der Waals surface area (Å²) in [7, 11) is 0. The number of amides is 1. The number of hydrogen-bond donors (Lipinski definition) is 2. The van der Waals surface area contributed by atoms with E-state index in [-0.39, 0.29) is 5.91 Å². The Bertz CT molecular complexity index is 581. The molecule has 0 unspecified atom stereocenters. The summed E-state index contributed by atoms with van der Waals surface area (Å²) in [6.07, 6.45) is 0.962. The summed E-state index contributed by atoms with van der Waals surface area (Å²) in [4.78, 5) is 12.9. The third-order valence-electron chi connectivity index (χ3n) is 2.87. The highest BCUT2D eigenvalue weighted by Gasteiger charge is 2.04. The second kappa shape index (κ2) is 7.01. The van der Waals surface area contributed by atoms with Crippen LogP contribution in [0.15, 0.2) is 53.4 Å². The molecule has 0 aliphatic heterocycles. The maximum atomic E-state index is 11.9. The van der Waals surface area contributed by atoms with Gasteiger partial charge in [-0.3, -0.25) is 4.79 Å². The van der Waals surface area contributed by atoms with Crippen LogP contribution in [0.5, 0.6) is 0 Å². The Morgan fingerprint density at radius 1 is 1.20 bits per heavy atom. The lowest BCUT2D eigenvalue weighted by Crippen LogP contribution is -2.14. The van der Waals surface area contributed by atoms with Gasteiger partial charge in [-0.15, -0.1) is 11.8 Å². The fourth-order valence-corrected chi connectivity index (χ4v) is 2.48. The molecule has 4 heteroatoms. The third kappa shape index (κ3) is 4.31. The van der Waals surface area contributed by atoms with Crippen molar-refractivity contribution in [2.75, 3.05) is 16.8 Å². The quantitative estimate of drug-likeness (QED) is 0.652. The number of aryl methyl sites for hydroxylation is 1. The average molecular weight is 286 g/mol. The van der Waals surface area contributed by atoms with Gasteiger partial charge in [0.05, 0.1) is 5.75 Å². The molecule has 2 aromatic carbocycles. The van der Waals surface area contributed by atoms with Crippen LogP contribution in [-0.4, -0.2) is 11.7 Å². The van der Waals surface area contributed by atoms with E-state index in [9.17, 15) is 4.79 Å². The second-order valence-electron chi connectivity index (χ2n) is 4.46. The van der Waals surface area contributed by atoms with Crippen LogP contribution in [0.1, 0.15) is 12.5 Å². The predicted octanol–water partition coefficient (Wildman–Crippen LogP) is 3.56. The van der Waals surface area contributed by atoms with Crippen molar-refractivity contribution in [3.8, 4) is 0 Å². The van der Waals surface area contributed by atoms with Gasteiger partial charge in [-0.25, -0.2) is 0 Å². The molecule has 3 N–H and O–H groups in total. The van der Waals surface area contributed by atoms with Crippen molar-refractivity contribution >= 4 is 29.0 Å². The number of nitrogen functional groups attached to an aromatic ring is 1. The Morgan fingerprint density at radius 2 is 1.95 bits per heavy atom. The lowest BCUT2D eigenvalue weighted by molar-refractivity contribution is -0.113. The Morgan fingerprint density at radius 3 is 2.65 bits per heavy atom. The standard InChI is InChI=1S/C16H18N2OS/c1-2-12-4-3-5-14(10-12)18-16(19)11-20-15-8-6-13(17)7-9-15/h3-10H,2,11,17H2,1H3,(H,18,19). The number of nitrogens with two attached hydrogens (primary N) is 1. The van der Waals surface area contributed by atoms with Crippen LogP contribution < -0.4 is 11.1 Å². The smallest absolute Gasteiger partial charge is 0.234 e. The van der Waals surface area contributed by atoms with E-state index < -0.39 is 0 Å². The van der Waals surface area contributed by atoms with Crippen LogP contribution in [0.2, 0.25) is 0 Å². The molecule has 0 radical (unpaired) electrons.